The molecule has 106 valence electrons. The smallest absolute Gasteiger partial charge is 0.216 e. The Morgan fingerprint density at radius 1 is 0.818 bits per heavy atom. The van der Waals surface area contributed by atoms with E-state index in [2.05, 4.69) is 9.43 Å². The van der Waals surface area contributed by atoms with Crippen LogP contribution < -0.4 is 0 Å². The van der Waals surface area contributed by atoms with Crippen molar-refractivity contribution in [3.8, 4) is 0 Å². The summed E-state index contributed by atoms with van der Waals surface area (Å²) in [5.74, 6) is 0. The molecule has 0 aliphatic heterocycles. The molecule has 4 aromatic rings. The van der Waals surface area contributed by atoms with Crippen LogP contribution in [0.5, 0.6) is 0 Å². The summed E-state index contributed by atoms with van der Waals surface area (Å²) in [6.45, 7) is 0. The van der Waals surface area contributed by atoms with Crippen molar-refractivity contribution in [2.75, 3.05) is 0 Å². The highest BCUT2D eigenvalue weighted by molar-refractivity contribution is 7.90. The molecule has 0 saturated carbocycles. The summed E-state index contributed by atoms with van der Waals surface area (Å²) in [4.78, 5) is 2.47. The third-order valence-corrected chi connectivity index (χ3v) is 5.11. The van der Waals surface area contributed by atoms with Gasteiger partial charge in [-0.2, -0.15) is 0 Å². The van der Waals surface area contributed by atoms with Gasteiger partial charge in [-0.25, -0.2) is 8.42 Å². The van der Waals surface area contributed by atoms with E-state index in [1.807, 2.05) is 36.4 Å². The number of nitrogens with zero attached hydrogens (tertiary/aromatic N) is 3. The van der Waals surface area contributed by atoms with Crippen molar-refractivity contribution in [1.29, 1.82) is 0 Å². The Hall–Kier alpha value is -2.82. The summed E-state index contributed by atoms with van der Waals surface area (Å²) in [6.07, 6.45) is 0. The fourth-order valence-electron chi connectivity index (χ4n) is 3.03. The van der Waals surface area contributed by atoms with Crippen molar-refractivity contribution < 1.29 is 8.42 Å². The zero-order chi connectivity index (χ0) is 15.3. The third kappa shape index (κ3) is 1.65. The SMILES string of the molecule is [N-]=[N+]=NS(=O)(=O)c1ccc2ccc3cccc4ccc1c2c34. The molecule has 0 N–H and O–H groups in total. The standard InChI is InChI=1S/C16H9N3O2S/c17-18-19-22(20,21)14-9-7-12-5-4-10-2-1-3-11-6-8-13(14)16(12)15(10)11/h1-9H. The zero-order valence-corrected chi connectivity index (χ0v) is 12.1. The molecule has 0 aromatic heterocycles. The first-order valence-corrected chi connectivity index (χ1v) is 8.04. The van der Waals surface area contributed by atoms with Crippen molar-refractivity contribution in [2.24, 2.45) is 4.52 Å². The number of benzene rings is 4. The van der Waals surface area contributed by atoms with Gasteiger partial charge in [0.25, 0.3) is 10.0 Å². The van der Waals surface area contributed by atoms with E-state index in [-0.39, 0.29) is 4.90 Å². The van der Waals surface area contributed by atoms with Crippen molar-refractivity contribution in [1.82, 2.24) is 0 Å². The molecule has 0 spiro atoms. The van der Waals surface area contributed by atoms with Crippen LogP contribution in [0, 0.1) is 0 Å². The lowest BCUT2D eigenvalue weighted by molar-refractivity contribution is 0.598. The van der Waals surface area contributed by atoms with Crippen LogP contribution in [0.1, 0.15) is 0 Å². The molecule has 0 saturated heterocycles. The van der Waals surface area contributed by atoms with Crippen LogP contribution in [0.15, 0.2) is 64.0 Å². The third-order valence-electron chi connectivity index (χ3n) is 3.91. The van der Waals surface area contributed by atoms with Crippen LogP contribution in [-0.4, -0.2) is 8.42 Å². The largest absolute Gasteiger partial charge is 0.264 e. The molecule has 5 nitrogen and oxygen atoms in total. The van der Waals surface area contributed by atoms with Crippen molar-refractivity contribution in [3.05, 3.63) is 65.0 Å². The molecular formula is C16H9N3O2S. The highest BCUT2D eigenvalue weighted by Crippen LogP contribution is 2.37. The lowest BCUT2D eigenvalue weighted by Gasteiger charge is -2.12. The molecule has 0 bridgehead atoms. The molecule has 0 atom stereocenters. The van der Waals surface area contributed by atoms with Gasteiger partial charge in [0.15, 0.2) is 0 Å². The summed E-state index contributed by atoms with van der Waals surface area (Å²) < 4.78 is 27.3. The molecule has 0 radical (unpaired) electrons. The quantitative estimate of drug-likeness (QED) is 0.235. The van der Waals surface area contributed by atoms with Gasteiger partial charge in [-0.3, -0.25) is 0 Å². The van der Waals surface area contributed by atoms with Gasteiger partial charge in [-0.05, 0) is 38.5 Å². The second kappa shape index (κ2) is 4.34. The van der Waals surface area contributed by atoms with Crippen LogP contribution in [-0.2, 0) is 10.0 Å². The van der Waals surface area contributed by atoms with Crippen LogP contribution in [0.25, 0.3) is 42.8 Å². The van der Waals surface area contributed by atoms with Crippen LogP contribution in [0.4, 0.5) is 0 Å². The Bertz CT molecular complexity index is 1180. The van der Waals surface area contributed by atoms with E-state index >= 15 is 0 Å². The van der Waals surface area contributed by atoms with Gasteiger partial charge >= 0.3 is 0 Å². The summed E-state index contributed by atoms with van der Waals surface area (Å²) >= 11 is 0. The topological polar surface area (TPSA) is 82.9 Å². The first kappa shape index (κ1) is 12.9. The van der Waals surface area contributed by atoms with Gasteiger partial charge in [-0.15, -0.1) is 0 Å². The first-order chi connectivity index (χ1) is 10.6. The van der Waals surface area contributed by atoms with Crippen LogP contribution in [0.2, 0.25) is 0 Å². The maximum atomic E-state index is 12.2. The van der Waals surface area contributed by atoms with Crippen molar-refractivity contribution in [3.63, 3.8) is 0 Å². The zero-order valence-electron chi connectivity index (χ0n) is 11.3. The van der Waals surface area contributed by atoms with Crippen molar-refractivity contribution >= 4 is 42.3 Å². The second-order valence-corrected chi connectivity index (χ2v) is 6.62. The molecule has 0 aliphatic carbocycles. The average Bonchev–Trinajstić information content (AvgIpc) is 2.52. The summed E-state index contributed by atoms with van der Waals surface area (Å²) in [5, 5.41) is 5.54. The molecule has 0 aliphatic rings. The van der Waals surface area contributed by atoms with E-state index in [0.29, 0.717) is 5.39 Å². The number of rotatable bonds is 2. The van der Waals surface area contributed by atoms with Crippen molar-refractivity contribution in [2.45, 2.75) is 4.90 Å². The molecule has 22 heavy (non-hydrogen) atoms. The predicted octanol–water partition coefficient (Wildman–Crippen LogP) is 4.58. The summed E-state index contributed by atoms with van der Waals surface area (Å²) in [5.41, 5.74) is 8.48. The highest BCUT2D eigenvalue weighted by Gasteiger charge is 2.18. The number of hydrogen-bond donors (Lipinski definition) is 0. The minimum Gasteiger partial charge on any atom is -0.216 e. The Balaban J connectivity index is 2.30. The normalized spacial score (nSPS) is 12.0. The Morgan fingerprint density at radius 2 is 1.41 bits per heavy atom. The van der Waals surface area contributed by atoms with Gasteiger partial charge in [0.1, 0.15) is 0 Å². The molecule has 4 aromatic carbocycles. The van der Waals surface area contributed by atoms with Crippen LogP contribution >= 0.6 is 0 Å². The van der Waals surface area contributed by atoms with E-state index in [1.54, 1.807) is 12.1 Å². The monoisotopic (exact) mass is 307 g/mol. The molecule has 4 rings (SSSR count). The van der Waals surface area contributed by atoms with Crippen LogP contribution in [0.3, 0.4) is 0 Å². The maximum Gasteiger partial charge on any atom is 0.264 e. The first-order valence-electron chi connectivity index (χ1n) is 6.60. The van der Waals surface area contributed by atoms with E-state index in [4.69, 9.17) is 5.53 Å². The summed E-state index contributed by atoms with van der Waals surface area (Å²) in [6, 6.07) is 16.8. The van der Waals surface area contributed by atoms with Gasteiger partial charge in [0.05, 0.1) is 4.90 Å². The molecule has 0 amide bonds. The summed E-state index contributed by atoms with van der Waals surface area (Å²) in [7, 11) is -4.03. The lowest BCUT2D eigenvalue weighted by Crippen LogP contribution is -1.97. The Kier molecular flexibility index (Phi) is 2.54. The molecule has 0 unspecified atom stereocenters. The van der Waals surface area contributed by atoms with Gasteiger partial charge in [-0.1, -0.05) is 48.5 Å². The Labute approximate surface area is 125 Å². The number of hydrogen-bond acceptors (Lipinski definition) is 2. The molecule has 0 fully saturated rings. The fourth-order valence-corrected chi connectivity index (χ4v) is 3.90. The van der Waals surface area contributed by atoms with E-state index in [0.717, 1.165) is 26.9 Å². The van der Waals surface area contributed by atoms with E-state index < -0.39 is 10.0 Å². The number of azide groups is 1. The minimum absolute atomic E-state index is 0.0380. The minimum atomic E-state index is -4.03. The number of sulfonamides is 1. The molecular weight excluding hydrogens is 298 g/mol. The highest BCUT2D eigenvalue weighted by atomic mass is 32.2. The van der Waals surface area contributed by atoms with E-state index in [9.17, 15) is 8.42 Å². The predicted molar refractivity (Wildman–Crippen MR) is 86.5 cm³/mol. The van der Waals surface area contributed by atoms with Gasteiger partial charge < -0.3 is 0 Å². The Morgan fingerprint density at radius 3 is 2.09 bits per heavy atom. The molecule has 0 heterocycles. The second-order valence-electron chi connectivity index (χ2n) is 5.07. The molecule has 6 heteroatoms. The lowest BCUT2D eigenvalue weighted by atomic mass is 9.94. The average molecular weight is 307 g/mol. The van der Waals surface area contributed by atoms with E-state index in [1.165, 1.54) is 6.07 Å². The fraction of sp³-hybridized carbons (Fsp3) is 0. The van der Waals surface area contributed by atoms with Gasteiger partial charge in [0, 0.05) is 14.8 Å². The maximum absolute atomic E-state index is 12.2. The van der Waals surface area contributed by atoms with Gasteiger partial charge in [0.2, 0.25) is 0 Å².